The Morgan fingerprint density at radius 1 is 1.17 bits per heavy atom. The topological polar surface area (TPSA) is 32.3 Å². The molecule has 2 aliphatic rings. The first-order valence-corrected chi connectivity index (χ1v) is 7.33. The van der Waals surface area contributed by atoms with Gasteiger partial charge in [0, 0.05) is 18.3 Å². The molecule has 2 aliphatic carbocycles. The predicted molar refractivity (Wildman–Crippen MR) is 74.7 cm³/mol. The lowest BCUT2D eigenvalue weighted by molar-refractivity contribution is 0.288. The van der Waals surface area contributed by atoms with Gasteiger partial charge in [0.05, 0.1) is 0 Å². The summed E-state index contributed by atoms with van der Waals surface area (Å²) in [6.45, 7) is 0.282. The van der Waals surface area contributed by atoms with E-state index in [0.29, 0.717) is 0 Å². The van der Waals surface area contributed by atoms with Crippen LogP contribution in [0.3, 0.4) is 0 Å². The molecule has 0 aliphatic heterocycles. The van der Waals surface area contributed by atoms with Gasteiger partial charge in [-0.25, -0.2) is 0 Å². The lowest BCUT2D eigenvalue weighted by atomic mass is 10.1. The highest BCUT2D eigenvalue weighted by Gasteiger charge is 2.41. The molecule has 0 spiro atoms. The van der Waals surface area contributed by atoms with E-state index in [9.17, 15) is 0 Å². The first-order chi connectivity index (χ1) is 8.86. The maximum absolute atomic E-state index is 8.89. The molecule has 98 valence electrons. The van der Waals surface area contributed by atoms with Crippen molar-refractivity contribution in [2.24, 2.45) is 11.8 Å². The maximum atomic E-state index is 8.89. The second kappa shape index (κ2) is 5.31. The molecule has 0 heterocycles. The van der Waals surface area contributed by atoms with Crippen molar-refractivity contribution in [1.29, 1.82) is 0 Å². The molecule has 2 N–H and O–H groups in total. The quantitative estimate of drug-likeness (QED) is 0.773. The van der Waals surface area contributed by atoms with Crippen LogP contribution in [-0.4, -0.2) is 17.8 Å². The minimum Gasteiger partial charge on any atom is -0.396 e. The zero-order chi connectivity index (χ0) is 12.4. The van der Waals surface area contributed by atoms with E-state index in [-0.39, 0.29) is 6.61 Å². The molecule has 2 heteroatoms. The van der Waals surface area contributed by atoms with Crippen molar-refractivity contribution in [1.82, 2.24) is 0 Å². The lowest BCUT2D eigenvalue weighted by Crippen LogP contribution is -2.24. The minimum absolute atomic E-state index is 0.282. The number of aliphatic hydroxyl groups excluding tert-OH is 1. The Bertz CT molecular complexity index is 384. The Labute approximate surface area is 109 Å². The van der Waals surface area contributed by atoms with E-state index in [0.717, 1.165) is 30.7 Å². The molecule has 1 aromatic carbocycles. The summed E-state index contributed by atoms with van der Waals surface area (Å²) in [5, 5.41) is 12.6. The smallest absolute Gasteiger partial charge is 0.0434 e. The van der Waals surface area contributed by atoms with Crippen LogP contribution in [0.5, 0.6) is 0 Å². The number of nitrogens with one attached hydrogen (secondary N) is 1. The molecule has 3 rings (SSSR count). The molecule has 0 atom stereocenters. The normalized spacial score (nSPS) is 19.2. The third-order valence-electron chi connectivity index (χ3n) is 4.14. The summed E-state index contributed by atoms with van der Waals surface area (Å²) >= 11 is 0. The molecule has 0 saturated heterocycles. The van der Waals surface area contributed by atoms with Gasteiger partial charge in [-0.15, -0.1) is 0 Å². The van der Waals surface area contributed by atoms with Crippen LogP contribution in [-0.2, 0) is 6.42 Å². The highest BCUT2D eigenvalue weighted by Crippen LogP contribution is 2.45. The summed E-state index contributed by atoms with van der Waals surface area (Å²) in [7, 11) is 0. The number of aryl methyl sites for hydroxylation is 1. The van der Waals surface area contributed by atoms with Gasteiger partial charge >= 0.3 is 0 Å². The highest BCUT2D eigenvalue weighted by atomic mass is 16.2. The monoisotopic (exact) mass is 245 g/mol. The first-order valence-electron chi connectivity index (χ1n) is 7.33. The average Bonchev–Trinajstić information content (AvgIpc) is 3.28. The number of rotatable bonds is 7. The van der Waals surface area contributed by atoms with E-state index in [4.69, 9.17) is 5.11 Å². The molecule has 0 aromatic heterocycles. The van der Waals surface area contributed by atoms with Gasteiger partial charge in [0.1, 0.15) is 0 Å². The van der Waals surface area contributed by atoms with Crippen molar-refractivity contribution in [2.75, 3.05) is 11.9 Å². The molecule has 0 unspecified atom stereocenters. The summed E-state index contributed by atoms with van der Waals surface area (Å²) in [6.07, 6.45) is 7.50. The molecule has 18 heavy (non-hydrogen) atoms. The fourth-order valence-electron chi connectivity index (χ4n) is 2.82. The number of benzene rings is 1. The van der Waals surface area contributed by atoms with Crippen molar-refractivity contribution in [3.05, 3.63) is 29.8 Å². The van der Waals surface area contributed by atoms with Gasteiger partial charge < -0.3 is 10.4 Å². The van der Waals surface area contributed by atoms with Crippen LogP contribution in [0.4, 0.5) is 5.69 Å². The molecule has 2 saturated carbocycles. The van der Waals surface area contributed by atoms with Gasteiger partial charge in [0.25, 0.3) is 0 Å². The summed E-state index contributed by atoms with van der Waals surface area (Å²) in [4.78, 5) is 0. The SMILES string of the molecule is OCCCc1cccc(NC(C2CC2)C2CC2)c1. The maximum Gasteiger partial charge on any atom is 0.0434 e. The fourth-order valence-corrected chi connectivity index (χ4v) is 2.82. The summed E-state index contributed by atoms with van der Waals surface area (Å²) in [5.74, 6) is 1.86. The van der Waals surface area contributed by atoms with Crippen LogP contribution < -0.4 is 5.32 Å². The molecular formula is C16H23NO. The molecule has 1 aromatic rings. The van der Waals surface area contributed by atoms with Crippen LogP contribution in [0.15, 0.2) is 24.3 Å². The Hall–Kier alpha value is -1.02. The number of anilines is 1. The Morgan fingerprint density at radius 3 is 2.50 bits per heavy atom. The predicted octanol–water partition coefficient (Wildman–Crippen LogP) is 3.21. The van der Waals surface area contributed by atoms with Gasteiger partial charge in [0.15, 0.2) is 0 Å². The van der Waals surface area contributed by atoms with Gasteiger partial charge in [-0.3, -0.25) is 0 Å². The average molecular weight is 245 g/mol. The Balaban J connectivity index is 1.63. The van der Waals surface area contributed by atoms with E-state index >= 15 is 0 Å². The van der Waals surface area contributed by atoms with Crippen LogP contribution in [0, 0.1) is 11.8 Å². The highest BCUT2D eigenvalue weighted by molar-refractivity contribution is 5.47. The van der Waals surface area contributed by atoms with E-state index in [1.54, 1.807) is 0 Å². The second-order valence-corrected chi connectivity index (χ2v) is 5.87. The van der Waals surface area contributed by atoms with Crippen molar-refractivity contribution in [3.63, 3.8) is 0 Å². The first kappa shape index (κ1) is 12.0. The summed E-state index contributed by atoms with van der Waals surface area (Å²) in [6, 6.07) is 9.45. The van der Waals surface area contributed by atoms with Crippen molar-refractivity contribution in [2.45, 2.75) is 44.6 Å². The van der Waals surface area contributed by atoms with Gasteiger partial charge in [-0.1, -0.05) is 12.1 Å². The Morgan fingerprint density at radius 2 is 1.89 bits per heavy atom. The number of hydrogen-bond donors (Lipinski definition) is 2. The zero-order valence-electron chi connectivity index (χ0n) is 10.9. The lowest BCUT2D eigenvalue weighted by Gasteiger charge is -2.19. The van der Waals surface area contributed by atoms with E-state index in [1.165, 1.54) is 36.9 Å². The van der Waals surface area contributed by atoms with Crippen LogP contribution in [0.25, 0.3) is 0 Å². The van der Waals surface area contributed by atoms with Crippen molar-refractivity contribution in [3.8, 4) is 0 Å². The fraction of sp³-hybridized carbons (Fsp3) is 0.625. The summed E-state index contributed by atoms with van der Waals surface area (Å²) in [5.41, 5.74) is 2.61. The van der Waals surface area contributed by atoms with Crippen LogP contribution in [0.2, 0.25) is 0 Å². The zero-order valence-corrected chi connectivity index (χ0v) is 10.9. The third kappa shape index (κ3) is 3.05. The van der Waals surface area contributed by atoms with E-state index in [2.05, 4.69) is 29.6 Å². The summed E-state index contributed by atoms with van der Waals surface area (Å²) < 4.78 is 0. The number of hydrogen-bond acceptors (Lipinski definition) is 2. The van der Waals surface area contributed by atoms with Crippen LogP contribution >= 0.6 is 0 Å². The van der Waals surface area contributed by atoms with Crippen molar-refractivity contribution >= 4 is 5.69 Å². The number of aliphatic hydroxyl groups is 1. The molecule has 0 radical (unpaired) electrons. The van der Waals surface area contributed by atoms with E-state index in [1.807, 2.05) is 0 Å². The van der Waals surface area contributed by atoms with E-state index < -0.39 is 0 Å². The largest absolute Gasteiger partial charge is 0.396 e. The third-order valence-corrected chi connectivity index (χ3v) is 4.14. The standard InChI is InChI=1S/C16H23NO/c18-10-2-4-12-3-1-5-15(11-12)17-16(13-6-7-13)14-8-9-14/h1,3,5,11,13-14,16-18H,2,4,6-10H2. The van der Waals surface area contributed by atoms with Gasteiger partial charge in [0.2, 0.25) is 0 Å². The van der Waals surface area contributed by atoms with Gasteiger partial charge in [-0.2, -0.15) is 0 Å². The minimum atomic E-state index is 0.282. The second-order valence-electron chi connectivity index (χ2n) is 5.87. The Kier molecular flexibility index (Phi) is 3.55. The van der Waals surface area contributed by atoms with Crippen LogP contribution in [0.1, 0.15) is 37.7 Å². The molecule has 0 bridgehead atoms. The molecule has 2 fully saturated rings. The van der Waals surface area contributed by atoms with Gasteiger partial charge in [-0.05, 0) is 68.1 Å². The molecule has 0 amide bonds. The molecule has 2 nitrogen and oxygen atoms in total. The molecular weight excluding hydrogens is 222 g/mol. The van der Waals surface area contributed by atoms with Crippen molar-refractivity contribution < 1.29 is 5.11 Å².